The minimum atomic E-state index is -0.811. The SMILES string of the molecule is O=c1[nH]c2c(O)ccc([C@@H](O)CNCCc3ccc(C#CCOc4cc5cccnc5c(-c5cccc(Cl)c5)n4)cc3)c2s1. The fourth-order valence-corrected chi connectivity index (χ4v) is 5.97. The van der Waals surface area contributed by atoms with Gasteiger partial charge in [0.1, 0.15) is 17.0 Å². The van der Waals surface area contributed by atoms with Crippen LogP contribution in [-0.2, 0) is 6.42 Å². The van der Waals surface area contributed by atoms with Gasteiger partial charge in [0.25, 0.3) is 0 Å². The van der Waals surface area contributed by atoms with Crippen LogP contribution in [0.25, 0.3) is 32.4 Å². The van der Waals surface area contributed by atoms with Crippen molar-refractivity contribution in [1.29, 1.82) is 0 Å². The summed E-state index contributed by atoms with van der Waals surface area (Å²) in [5.41, 5.74) is 5.30. The minimum Gasteiger partial charge on any atom is -0.506 e. The number of aliphatic hydroxyl groups excluding tert-OH is 1. The van der Waals surface area contributed by atoms with Crippen LogP contribution in [0.1, 0.15) is 22.8 Å². The molecule has 0 spiro atoms. The number of ether oxygens (including phenoxy) is 1. The molecule has 6 rings (SSSR count). The second-order valence-corrected chi connectivity index (χ2v) is 11.5. The van der Waals surface area contributed by atoms with Crippen LogP contribution < -0.4 is 14.9 Å². The van der Waals surface area contributed by atoms with Crippen LogP contribution in [0, 0.1) is 11.8 Å². The first kappa shape index (κ1) is 29.4. The first-order valence-electron chi connectivity index (χ1n) is 13.9. The number of halogens is 1. The molecular formula is C34H27ClN4O4S. The Bertz CT molecular complexity index is 2060. The van der Waals surface area contributed by atoms with Crippen molar-refractivity contribution in [2.24, 2.45) is 0 Å². The van der Waals surface area contributed by atoms with Gasteiger partial charge in [-0.05, 0) is 54.9 Å². The van der Waals surface area contributed by atoms with Gasteiger partial charge in [-0.2, -0.15) is 0 Å². The third-order valence-electron chi connectivity index (χ3n) is 7.02. The zero-order valence-corrected chi connectivity index (χ0v) is 25.0. The van der Waals surface area contributed by atoms with Crippen molar-refractivity contribution >= 4 is 44.1 Å². The third kappa shape index (κ3) is 6.75. The Kier molecular flexibility index (Phi) is 8.86. The highest BCUT2D eigenvalue weighted by atomic mass is 35.5. The van der Waals surface area contributed by atoms with E-state index in [1.54, 1.807) is 12.3 Å². The van der Waals surface area contributed by atoms with E-state index in [2.05, 4.69) is 27.1 Å². The lowest BCUT2D eigenvalue weighted by Gasteiger charge is -2.13. The van der Waals surface area contributed by atoms with E-state index in [4.69, 9.17) is 21.3 Å². The summed E-state index contributed by atoms with van der Waals surface area (Å²) >= 11 is 7.19. The summed E-state index contributed by atoms with van der Waals surface area (Å²) < 4.78 is 6.47. The molecule has 1 atom stereocenters. The molecule has 0 saturated heterocycles. The molecule has 0 aliphatic heterocycles. The van der Waals surface area contributed by atoms with Crippen LogP contribution in [-0.4, -0.2) is 44.9 Å². The highest BCUT2D eigenvalue weighted by Crippen LogP contribution is 2.32. The molecule has 0 aliphatic carbocycles. The van der Waals surface area contributed by atoms with Crippen molar-refractivity contribution < 1.29 is 14.9 Å². The molecule has 0 amide bonds. The van der Waals surface area contributed by atoms with E-state index >= 15 is 0 Å². The molecule has 3 aromatic heterocycles. The van der Waals surface area contributed by atoms with Crippen LogP contribution in [0.5, 0.6) is 11.6 Å². The van der Waals surface area contributed by atoms with Gasteiger partial charge < -0.3 is 25.3 Å². The Morgan fingerprint density at radius 2 is 1.93 bits per heavy atom. The number of pyridine rings is 2. The van der Waals surface area contributed by atoms with Crippen molar-refractivity contribution in [1.82, 2.24) is 20.3 Å². The summed E-state index contributed by atoms with van der Waals surface area (Å²) in [4.78, 5) is 23.3. The fraction of sp³-hybridized carbons (Fsp3) is 0.147. The first-order chi connectivity index (χ1) is 21.4. The second-order valence-electron chi connectivity index (χ2n) is 10.0. The van der Waals surface area contributed by atoms with E-state index in [9.17, 15) is 15.0 Å². The largest absolute Gasteiger partial charge is 0.506 e. The maximum atomic E-state index is 11.7. The molecule has 0 unspecified atom stereocenters. The number of phenols is 1. The monoisotopic (exact) mass is 622 g/mol. The van der Waals surface area contributed by atoms with Crippen molar-refractivity contribution in [2.75, 3.05) is 19.7 Å². The van der Waals surface area contributed by atoms with E-state index < -0.39 is 6.10 Å². The number of aromatic nitrogens is 3. The summed E-state index contributed by atoms with van der Waals surface area (Å²) in [6.07, 6.45) is 1.70. The number of aromatic hydroxyl groups is 1. The summed E-state index contributed by atoms with van der Waals surface area (Å²) in [6, 6.07) is 24.3. The Balaban J connectivity index is 1.02. The number of aromatic amines is 1. The van der Waals surface area contributed by atoms with E-state index in [1.807, 2.05) is 66.7 Å². The average molecular weight is 623 g/mol. The lowest BCUT2D eigenvalue weighted by Crippen LogP contribution is -2.23. The lowest BCUT2D eigenvalue weighted by atomic mass is 10.1. The number of phenolic OH excluding ortho intramolecular Hbond substituents is 1. The van der Waals surface area contributed by atoms with E-state index in [0.717, 1.165) is 45.4 Å². The van der Waals surface area contributed by atoms with Gasteiger partial charge in [-0.1, -0.05) is 71.2 Å². The van der Waals surface area contributed by atoms with Crippen LogP contribution in [0.4, 0.5) is 0 Å². The molecule has 220 valence electrons. The molecule has 0 fully saturated rings. The zero-order valence-electron chi connectivity index (χ0n) is 23.4. The number of fused-ring (bicyclic) bond motifs is 2. The molecular weight excluding hydrogens is 596 g/mol. The first-order valence-corrected chi connectivity index (χ1v) is 15.1. The van der Waals surface area contributed by atoms with Crippen LogP contribution in [0.3, 0.4) is 0 Å². The smallest absolute Gasteiger partial charge is 0.305 e. The van der Waals surface area contributed by atoms with Gasteiger partial charge in [0.2, 0.25) is 5.88 Å². The van der Waals surface area contributed by atoms with Crippen LogP contribution in [0.15, 0.2) is 89.9 Å². The van der Waals surface area contributed by atoms with Crippen molar-refractivity contribution in [3.63, 3.8) is 0 Å². The van der Waals surface area contributed by atoms with Crippen molar-refractivity contribution in [3.8, 4) is 34.7 Å². The Morgan fingerprint density at radius 1 is 1.07 bits per heavy atom. The Morgan fingerprint density at radius 3 is 2.77 bits per heavy atom. The number of nitrogens with one attached hydrogen (secondary N) is 2. The highest BCUT2D eigenvalue weighted by Gasteiger charge is 2.16. The number of hydrogen-bond acceptors (Lipinski definition) is 8. The van der Waals surface area contributed by atoms with E-state index in [1.165, 1.54) is 6.07 Å². The highest BCUT2D eigenvalue weighted by molar-refractivity contribution is 7.16. The molecule has 8 nitrogen and oxygen atoms in total. The number of benzene rings is 3. The van der Waals surface area contributed by atoms with Crippen LogP contribution in [0.2, 0.25) is 5.02 Å². The summed E-state index contributed by atoms with van der Waals surface area (Å²) in [5.74, 6) is 6.64. The Labute approximate surface area is 262 Å². The van der Waals surface area contributed by atoms with Crippen molar-refractivity contribution in [2.45, 2.75) is 12.5 Å². The number of hydrogen-bond donors (Lipinski definition) is 4. The second kappa shape index (κ2) is 13.3. The van der Waals surface area contributed by atoms with Gasteiger partial charge in [-0.15, -0.1) is 0 Å². The molecule has 44 heavy (non-hydrogen) atoms. The number of thiazole rings is 1. The van der Waals surface area contributed by atoms with E-state index in [-0.39, 0.29) is 17.2 Å². The van der Waals surface area contributed by atoms with Gasteiger partial charge in [0.15, 0.2) is 6.61 Å². The molecule has 0 radical (unpaired) electrons. The predicted octanol–water partition coefficient (Wildman–Crippen LogP) is 5.86. The molecule has 3 aromatic carbocycles. The number of rotatable bonds is 9. The van der Waals surface area contributed by atoms with E-state index in [0.29, 0.717) is 45.5 Å². The molecule has 0 aliphatic rings. The molecule has 4 N–H and O–H groups in total. The topological polar surface area (TPSA) is 120 Å². The van der Waals surface area contributed by atoms with Gasteiger partial charge >= 0.3 is 4.87 Å². The molecule has 0 bridgehead atoms. The number of aliphatic hydroxyl groups is 1. The normalized spacial score (nSPS) is 11.8. The van der Waals surface area contributed by atoms with Gasteiger partial charge in [-0.25, -0.2) is 4.98 Å². The average Bonchev–Trinajstić information content (AvgIpc) is 3.44. The summed E-state index contributed by atoms with van der Waals surface area (Å²) in [6.45, 7) is 1.15. The summed E-state index contributed by atoms with van der Waals surface area (Å²) in [5, 5.41) is 25.4. The fourth-order valence-electron chi connectivity index (χ4n) is 4.86. The predicted molar refractivity (Wildman–Crippen MR) is 174 cm³/mol. The molecule has 6 aromatic rings. The molecule has 0 saturated carbocycles. The quantitative estimate of drug-likeness (QED) is 0.118. The lowest BCUT2D eigenvalue weighted by molar-refractivity contribution is 0.176. The number of H-pyrrole nitrogens is 1. The zero-order chi connectivity index (χ0) is 30.5. The molecule has 10 heteroatoms. The minimum absolute atomic E-state index is 0.00820. The molecule has 3 heterocycles. The third-order valence-corrected chi connectivity index (χ3v) is 8.18. The van der Waals surface area contributed by atoms with Gasteiger partial charge in [0, 0.05) is 45.9 Å². The standard InChI is InChI=1S/C34H27ClN4O4S/c35-25-7-1-5-23(18-25)31-30-24(6-2-15-37-30)19-29(38-31)43-17-3-4-21-8-10-22(11-9-21)14-16-36-20-28(41)26-12-13-27(40)32-33(26)44-34(42)39-32/h1-2,5-13,15,18-19,28,36,40-41H,14,16-17,20H2,(H,39,42)/t28-/m0/s1. The summed E-state index contributed by atoms with van der Waals surface area (Å²) in [7, 11) is 0. The maximum Gasteiger partial charge on any atom is 0.305 e. The van der Waals surface area contributed by atoms with Gasteiger partial charge in [0.05, 0.1) is 16.3 Å². The van der Waals surface area contributed by atoms with Gasteiger partial charge in [-0.3, -0.25) is 9.78 Å². The van der Waals surface area contributed by atoms with Crippen LogP contribution >= 0.6 is 22.9 Å². The van der Waals surface area contributed by atoms with Crippen molar-refractivity contribution in [3.05, 3.63) is 116 Å². The number of nitrogens with zero attached hydrogens (tertiary/aromatic N) is 2. The maximum absolute atomic E-state index is 11.7. The Hall–Kier alpha value is -4.72.